The molecule has 2 aromatic carbocycles. The number of hydrogen-bond donors (Lipinski definition) is 4. The van der Waals surface area contributed by atoms with Gasteiger partial charge in [-0.3, -0.25) is 4.90 Å². The minimum Gasteiger partial charge on any atom is -0.507 e. The molecule has 1 unspecified atom stereocenters. The molecule has 176 valence electrons. The summed E-state index contributed by atoms with van der Waals surface area (Å²) >= 11 is 3.53. The van der Waals surface area contributed by atoms with Gasteiger partial charge in [-0.15, -0.1) is 0 Å². The average molecular weight is 524 g/mol. The highest BCUT2D eigenvalue weighted by atomic mass is 79.9. The van der Waals surface area contributed by atoms with Crippen LogP contribution in [0.25, 0.3) is 16.9 Å². The van der Waals surface area contributed by atoms with Gasteiger partial charge in [-0.25, -0.2) is 4.98 Å². The summed E-state index contributed by atoms with van der Waals surface area (Å²) in [6, 6.07) is 14.1. The highest BCUT2D eigenvalue weighted by molar-refractivity contribution is 9.10. The number of aromatic nitrogens is 3. The van der Waals surface area contributed by atoms with Crippen molar-refractivity contribution in [3.8, 4) is 28.5 Å². The summed E-state index contributed by atoms with van der Waals surface area (Å²) in [5.41, 5.74) is 3.00. The largest absolute Gasteiger partial charge is 0.507 e. The average Bonchev–Trinajstić information content (AvgIpc) is 3.21. The zero-order valence-electron chi connectivity index (χ0n) is 18.5. The molecule has 0 bridgehead atoms. The van der Waals surface area contributed by atoms with Crippen LogP contribution in [-0.2, 0) is 6.54 Å². The number of fused-ring (bicyclic) bond motifs is 1. The number of phenolic OH excluding ortho intramolecular Hbond substituents is 3. The SMILES string of the molecule is Oc1ccc(CN2CCCC(CNc3cc(-c4ccccc4O)nc4c(Br)cnn34)C2)cc1O. The first-order valence-electron chi connectivity index (χ1n) is 11.3. The molecule has 1 atom stereocenters. The van der Waals surface area contributed by atoms with Gasteiger partial charge in [-0.05, 0) is 71.1 Å². The highest BCUT2D eigenvalue weighted by Gasteiger charge is 2.21. The number of nitrogens with zero attached hydrogens (tertiary/aromatic N) is 4. The van der Waals surface area contributed by atoms with Crippen molar-refractivity contribution < 1.29 is 15.3 Å². The lowest BCUT2D eigenvalue weighted by molar-refractivity contribution is 0.173. The number of nitrogens with one attached hydrogen (secondary N) is 1. The first-order chi connectivity index (χ1) is 16.5. The normalized spacial score (nSPS) is 16.7. The molecule has 0 aliphatic carbocycles. The van der Waals surface area contributed by atoms with Crippen molar-refractivity contribution in [3.05, 3.63) is 64.8 Å². The number of aromatic hydroxyl groups is 3. The maximum Gasteiger partial charge on any atom is 0.172 e. The Labute approximate surface area is 205 Å². The highest BCUT2D eigenvalue weighted by Crippen LogP contribution is 2.31. The molecule has 0 spiro atoms. The number of para-hydroxylation sites is 1. The monoisotopic (exact) mass is 523 g/mol. The van der Waals surface area contributed by atoms with Crippen LogP contribution in [0.3, 0.4) is 0 Å². The number of anilines is 1. The number of likely N-dealkylation sites (tertiary alicyclic amines) is 1. The van der Waals surface area contributed by atoms with Crippen LogP contribution >= 0.6 is 15.9 Å². The molecule has 3 heterocycles. The van der Waals surface area contributed by atoms with E-state index in [-0.39, 0.29) is 17.2 Å². The Morgan fingerprint density at radius 2 is 1.88 bits per heavy atom. The molecule has 8 nitrogen and oxygen atoms in total. The second-order valence-corrected chi connectivity index (χ2v) is 9.57. The van der Waals surface area contributed by atoms with Crippen LogP contribution in [0.5, 0.6) is 17.2 Å². The van der Waals surface area contributed by atoms with Crippen molar-refractivity contribution in [2.45, 2.75) is 19.4 Å². The van der Waals surface area contributed by atoms with Crippen molar-refractivity contribution in [3.63, 3.8) is 0 Å². The lowest BCUT2D eigenvalue weighted by Gasteiger charge is -2.33. The zero-order chi connectivity index (χ0) is 23.7. The predicted octanol–water partition coefficient (Wildman–Crippen LogP) is 4.60. The van der Waals surface area contributed by atoms with E-state index in [0.29, 0.717) is 22.8 Å². The first-order valence-corrected chi connectivity index (χ1v) is 12.1. The summed E-state index contributed by atoms with van der Waals surface area (Å²) in [7, 11) is 0. The third-order valence-corrected chi connectivity index (χ3v) is 6.79. The Morgan fingerprint density at radius 3 is 2.71 bits per heavy atom. The summed E-state index contributed by atoms with van der Waals surface area (Å²) in [6.07, 6.45) is 3.93. The molecule has 0 saturated carbocycles. The van der Waals surface area contributed by atoms with Crippen LogP contribution < -0.4 is 5.32 Å². The van der Waals surface area contributed by atoms with Crippen LogP contribution in [0.4, 0.5) is 5.82 Å². The molecule has 34 heavy (non-hydrogen) atoms. The predicted molar refractivity (Wildman–Crippen MR) is 134 cm³/mol. The van der Waals surface area contributed by atoms with Crippen molar-refractivity contribution >= 4 is 27.4 Å². The minimum absolute atomic E-state index is 0.0833. The maximum absolute atomic E-state index is 10.3. The lowest BCUT2D eigenvalue weighted by atomic mass is 9.97. The molecule has 0 amide bonds. The Hall–Kier alpha value is -3.30. The number of benzene rings is 2. The molecule has 0 radical (unpaired) electrons. The fourth-order valence-electron chi connectivity index (χ4n) is 4.53. The maximum atomic E-state index is 10.3. The molecule has 5 rings (SSSR count). The second-order valence-electron chi connectivity index (χ2n) is 8.72. The summed E-state index contributed by atoms with van der Waals surface area (Å²) in [4.78, 5) is 7.08. The molecule has 9 heteroatoms. The number of halogens is 1. The summed E-state index contributed by atoms with van der Waals surface area (Å²) in [5, 5.41) is 37.7. The molecule has 1 aliphatic rings. The number of phenols is 3. The molecule has 1 saturated heterocycles. The van der Waals surface area contributed by atoms with E-state index in [4.69, 9.17) is 4.98 Å². The smallest absolute Gasteiger partial charge is 0.172 e. The Balaban J connectivity index is 1.32. The summed E-state index contributed by atoms with van der Waals surface area (Å²) < 4.78 is 2.56. The van der Waals surface area contributed by atoms with Gasteiger partial charge < -0.3 is 20.6 Å². The van der Waals surface area contributed by atoms with Gasteiger partial charge in [-0.1, -0.05) is 18.2 Å². The fraction of sp³-hybridized carbons (Fsp3) is 0.280. The van der Waals surface area contributed by atoms with E-state index in [1.807, 2.05) is 24.3 Å². The molecular weight excluding hydrogens is 498 g/mol. The van der Waals surface area contributed by atoms with Crippen molar-refractivity contribution in [2.75, 3.05) is 25.0 Å². The molecule has 4 aromatic rings. The third-order valence-electron chi connectivity index (χ3n) is 6.23. The van der Waals surface area contributed by atoms with E-state index in [1.165, 1.54) is 6.07 Å². The van der Waals surface area contributed by atoms with Gasteiger partial charge in [0.1, 0.15) is 11.6 Å². The van der Waals surface area contributed by atoms with Crippen molar-refractivity contribution in [1.82, 2.24) is 19.5 Å². The van der Waals surface area contributed by atoms with Gasteiger partial charge in [0.15, 0.2) is 17.1 Å². The molecule has 4 N–H and O–H groups in total. The van der Waals surface area contributed by atoms with E-state index in [9.17, 15) is 15.3 Å². The van der Waals surface area contributed by atoms with Gasteiger partial charge in [-0.2, -0.15) is 9.61 Å². The second kappa shape index (κ2) is 9.52. The van der Waals surface area contributed by atoms with Crippen LogP contribution in [0.1, 0.15) is 18.4 Å². The topological polar surface area (TPSA) is 106 Å². The van der Waals surface area contributed by atoms with E-state index < -0.39 is 0 Å². The molecule has 1 aliphatic heterocycles. The first kappa shape index (κ1) is 22.5. The van der Waals surface area contributed by atoms with Crippen LogP contribution in [0, 0.1) is 5.92 Å². The van der Waals surface area contributed by atoms with Gasteiger partial charge in [0.2, 0.25) is 0 Å². The van der Waals surface area contributed by atoms with Crippen LogP contribution in [0.2, 0.25) is 0 Å². The van der Waals surface area contributed by atoms with E-state index in [1.54, 1.807) is 28.9 Å². The molecular formula is C25H26BrN5O3. The van der Waals surface area contributed by atoms with Gasteiger partial charge in [0, 0.05) is 31.3 Å². The summed E-state index contributed by atoms with van der Waals surface area (Å²) in [6.45, 7) is 3.43. The van der Waals surface area contributed by atoms with Gasteiger partial charge in [0.25, 0.3) is 0 Å². The quantitative estimate of drug-likeness (QED) is 0.273. The number of hydrogen-bond acceptors (Lipinski definition) is 7. The Morgan fingerprint density at radius 1 is 1.03 bits per heavy atom. The standard InChI is InChI=1S/C25H26BrN5O3/c26-19-13-28-31-24(11-20(29-25(19)31)18-5-1-2-6-21(18)32)27-12-17-4-3-9-30(15-17)14-16-7-8-22(33)23(34)10-16/h1-2,5-8,10-11,13,17,27,32-34H,3-4,9,12,14-15H2. The Kier molecular flexibility index (Phi) is 6.30. The van der Waals surface area contributed by atoms with Crippen LogP contribution in [-0.4, -0.2) is 54.5 Å². The Bertz CT molecular complexity index is 1330. The van der Waals surface area contributed by atoms with Gasteiger partial charge >= 0.3 is 0 Å². The zero-order valence-corrected chi connectivity index (χ0v) is 20.1. The molecule has 1 fully saturated rings. The van der Waals surface area contributed by atoms with Gasteiger partial charge in [0.05, 0.1) is 16.4 Å². The van der Waals surface area contributed by atoms with E-state index >= 15 is 0 Å². The van der Waals surface area contributed by atoms with E-state index in [2.05, 4.69) is 31.2 Å². The van der Waals surface area contributed by atoms with Crippen LogP contribution in [0.15, 0.2) is 59.2 Å². The van der Waals surface area contributed by atoms with Crippen molar-refractivity contribution in [1.29, 1.82) is 0 Å². The fourth-order valence-corrected chi connectivity index (χ4v) is 4.87. The number of rotatable bonds is 6. The lowest BCUT2D eigenvalue weighted by Crippen LogP contribution is -2.37. The third kappa shape index (κ3) is 4.67. The van der Waals surface area contributed by atoms with Crippen molar-refractivity contribution in [2.24, 2.45) is 5.92 Å². The summed E-state index contributed by atoms with van der Waals surface area (Å²) in [5.74, 6) is 1.26. The molecule has 2 aromatic heterocycles. The van der Waals surface area contributed by atoms with E-state index in [0.717, 1.165) is 54.9 Å². The number of piperidine rings is 1. The minimum atomic E-state index is -0.0958.